The molecule has 4 rings (SSSR count). The van der Waals surface area contributed by atoms with Crippen molar-refractivity contribution >= 4 is 27.5 Å². The number of amides is 1. The zero-order chi connectivity index (χ0) is 21.9. The predicted octanol–water partition coefficient (Wildman–Crippen LogP) is 2.60. The third kappa shape index (κ3) is 4.03. The third-order valence-corrected chi connectivity index (χ3v) is 8.72. The van der Waals surface area contributed by atoms with E-state index in [1.807, 2.05) is 12.1 Å². The number of carbonyl (C=O) groups is 1. The number of nitrogens with one attached hydrogen (secondary N) is 1. The Hall–Kier alpha value is -2.89. The van der Waals surface area contributed by atoms with Crippen LogP contribution in [0.3, 0.4) is 0 Å². The lowest BCUT2D eigenvalue weighted by atomic mass is 10.0. The first-order chi connectivity index (χ1) is 15.0. The van der Waals surface area contributed by atoms with Crippen molar-refractivity contribution in [3.8, 4) is 17.2 Å². The van der Waals surface area contributed by atoms with E-state index in [4.69, 9.17) is 9.94 Å². The van der Waals surface area contributed by atoms with Crippen LogP contribution in [0.15, 0.2) is 66.1 Å². The predicted molar refractivity (Wildman–Crippen MR) is 114 cm³/mol. The van der Waals surface area contributed by atoms with Gasteiger partial charge in [-0.3, -0.25) is 10.0 Å². The lowest BCUT2D eigenvalue weighted by Gasteiger charge is -2.34. The number of sulfone groups is 1. The number of carbonyl (C=O) groups excluding carboxylic acids is 1. The van der Waals surface area contributed by atoms with Crippen molar-refractivity contribution in [1.29, 1.82) is 0 Å². The first-order valence-corrected chi connectivity index (χ1v) is 12.1. The molecule has 1 aliphatic heterocycles. The highest BCUT2D eigenvalue weighted by molar-refractivity contribution is 7.99. The van der Waals surface area contributed by atoms with Gasteiger partial charge in [-0.2, -0.15) is 16.9 Å². The van der Waals surface area contributed by atoms with Crippen LogP contribution in [0, 0.1) is 0 Å². The largest absolute Gasteiger partial charge is 0.457 e. The van der Waals surface area contributed by atoms with Gasteiger partial charge in [-0.15, -0.1) is 0 Å². The number of benzene rings is 2. The van der Waals surface area contributed by atoms with Crippen LogP contribution in [-0.4, -0.2) is 50.5 Å². The van der Waals surface area contributed by atoms with E-state index in [0.717, 1.165) is 5.69 Å². The first kappa shape index (κ1) is 21.3. The van der Waals surface area contributed by atoms with Gasteiger partial charge in [0.1, 0.15) is 24.2 Å². The van der Waals surface area contributed by atoms with E-state index in [-0.39, 0.29) is 17.7 Å². The summed E-state index contributed by atoms with van der Waals surface area (Å²) in [7, 11) is -4.01. The molecule has 0 spiro atoms. The maximum atomic E-state index is 13.3. The summed E-state index contributed by atoms with van der Waals surface area (Å²) in [5.74, 6) is 1.18. The van der Waals surface area contributed by atoms with Crippen LogP contribution >= 0.6 is 11.8 Å². The van der Waals surface area contributed by atoms with E-state index in [2.05, 4.69) is 10.1 Å². The SMILES string of the molecule is O=C(NO)C1(S(=O)(=O)c2ccc(Oc3ccc(-n4cncn4)cc3)cc2)CCSCC1. The molecule has 0 atom stereocenters. The highest BCUT2D eigenvalue weighted by atomic mass is 32.2. The molecular weight excluding hydrogens is 440 g/mol. The average molecular weight is 461 g/mol. The molecule has 2 aromatic carbocycles. The molecule has 0 saturated carbocycles. The van der Waals surface area contributed by atoms with Crippen LogP contribution in [0.1, 0.15) is 12.8 Å². The Morgan fingerprint density at radius 3 is 2.23 bits per heavy atom. The van der Waals surface area contributed by atoms with Gasteiger partial charge in [-0.25, -0.2) is 23.6 Å². The minimum Gasteiger partial charge on any atom is -0.457 e. The summed E-state index contributed by atoms with van der Waals surface area (Å²) in [6, 6.07) is 13.1. The van der Waals surface area contributed by atoms with Gasteiger partial charge in [-0.1, -0.05) is 0 Å². The molecule has 11 heteroatoms. The summed E-state index contributed by atoms with van der Waals surface area (Å²) in [5, 5.41) is 13.2. The molecule has 0 unspecified atom stereocenters. The van der Waals surface area contributed by atoms with E-state index in [1.54, 1.807) is 52.5 Å². The molecule has 0 radical (unpaired) electrons. The van der Waals surface area contributed by atoms with Gasteiger partial charge in [0.15, 0.2) is 14.6 Å². The summed E-state index contributed by atoms with van der Waals surface area (Å²) < 4.78 is 32.3. The van der Waals surface area contributed by atoms with Crippen LogP contribution in [0.25, 0.3) is 5.69 Å². The number of thioether (sulfide) groups is 1. The zero-order valence-electron chi connectivity index (χ0n) is 16.3. The zero-order valence-corrected chi connectivity index (χ0v) is 18.0. The molecule has 31 heavy (non-hydrogen) atoms. The Bertz CT molecular complexity index is 1140. The van der Waals surface area contributed by atoms with Crippen molar-refractivity contribution in [3.05, 3.63) is 61.2 Å². The molecule has 1 aliphatic rings. The Morgan fingerprint density at radius 2 is 1.68 bits per heavy atom. The van der Waals surface area contributed by atoms with Crippen LogP contribution in [0.5, 0.6) is 11.5 Å². The van der Waals surface area contributed by atoms with Crippen molar-refractivity contribution in [2.75, 3.05) is 11.5 Å². The molecule has 1 fully saturated rings. The summed E-state index contributed by atoms with van der Waals surface area (Å²) in [5.41, 5.74) is 2.37. The number of rotatable bonds is 6. The fourth-order valence-corrected chi connectivity index (χ4v) is 6.90. The molecule has 3 aromatic rings. The summed E-state index contributed by atoms with van der Waals surface area (Å²) in [6.07, 6.45) is 3.32. The molecule has 1 aromatic heterocycles. The molecule has 2 N–H and O–H groups in total. The topological polar surface area (TPSA) is 123 Å². The molecule has 0 bridgehead atoms. The quantitative estimate of drug-likeness (QED) is 0.425. The second kappa shape index (κ2) is 8.69. The van der Waals surface area contributed by atoms with Gasteiger partial charge >= 0.3 is 0 Å². The highest BCUT2D eigenvalue weighted by Crippen LogP contribution is 2.39. The Kier molecular flexibility index (Phi) is 5.99. The fraction of sp³-hybridized carbons (Fsp3) is 0.250. The Balaban J connectivity index is 1.54. The fourth-order valence-electron chi connectivity index (χ4n) is 3.48. The van der Waals surface area contributed by atoms with Crippen LogP contribution in [0.2, 0.25) is 0 Å². The maximum Gasteiger partial charge on any atom is 0.265 e. The second-order valence-corrected chi connectivity index (χ2v) is 10.4. The molecule has 2 heterocycles. The normalized spacial score (nSPS) is 15.9. The standard InChI is InChI=1S/C20H20N4O5S2/c25-19(23-26)20(9-11-30-12-10-20)31(27,28)18-7-5-17(6-8-18)29-16-3-1-15(2-4-16)24-14-21-13-22-24/h1-8,13-14,26H,9-12H2,(H,23,25). The Morgan fingerprint density at radius 1 is 1.06 bits per heavy atom. The van der Waals surface area contributed by atoms with Crippen molar-refractivity contribution in [1.82, 2.24) is 20.2 Å². The number of ether oxygens (including phenoxy) is 1. The lowest BCUT2D eigenvalue weighted by molar-refractivity contribution is -0.132. The average Bonchev–Trinajstić information content (AvgIpc) is 3.35. The number of hydrogen-bond donors (Lipinski definition) is 2. The third-order valence-electron chi connectivity index (χ3n) is 5.22. The molecule has 162 valence electrons. The van der Waals surface area contributed by atoms with Gasteiger partial charge in [0.2, 0.25) is 0 Å². The minimum absolute atomic E-state index is 0.0110. The van der Waals surface area contributed by atoms with Crippen molar-refractivity contribution < 1.29 is 23.2 Å². The summed E-state index contributed by atoms with van der Waals surface area (Å²) in [6.45, 7) is 0. The van der Waals surface area contributed by atoms with Gasteiger partial charge in [0.05, 0.1) is 10.6 Å². The van der Waals surface area contributed by atoms with Gasteiger partial charge in [-0.05, 0) is 72.9 Å². The van der Waals surface area contributed by atoms with Crippen LogP contribution in [0.4, 0.5) is 0 Å². The van der Waals surface area contributed by atoms with Gasteiger partial charge < -0.3 is 4.74 Å². The summed E-state index contributed by atoms with van der Waals surface area (Å²) in [4.78, 5) is 16.3. The summed E-state index contributed by atoms with van der Waals surface area (Å²) >= 11 is 1.59. The first-order valence-electron chi connectivity index (χ1n) is 9.46. The maximum absolute atomic E-state index is 13.3. The monoisotopic (exact) mass is 460 g/mol. The van der Waals surface area contributed by atoms with Crippen LogP contribution < -0.4 is 10.2 Å². The number of aromatic nitrogens is 3. The molecule has 1 amide bonds. The lowest BCUT2D eigenvalue weighted by Crippen LogP contribution is -2.53. The van der Waals surface area contributed by atoms with E-state index < -0.39 is 20.5 Å². The second-order valence-electron chi connectivity index (χ2n) is 6.96. The molecule has 1 saturated heterocycles. The van der Waals surface area contributed by atoms with Crippen molar-refractivity contribution in [2.45, 2.75) is 22.5 Å². The van der Waals surface area contributed by atoms with Crippen LogP contribution in [-0.2, 0) is 14.6 Å². The number of hydrogen-bond acceptors (Lipinski definition) is 8. The van der Waals surface area contributed by atoms with Gasteiger partial charge in [0.25, 0.3) is 5.91 Å². The molecule has 9 nitrogen and oxygen atoms in total. The van der Waals surface area contributed by atoms with E-state index in [0.29, 0.717) is 23.0 Å². The van der Waals surface area contributed by atoms with Gasteiger partial charge in [0, 0.05) is 0 Å². The highest BCUT2D eigenvalue weighted by Gasteiger charge is 2.51. The number of nitrogens with zero attached hydrogens (tertiary/aromatic N) is 3. The Labute approximate surface area is 183 Å². The minimum atomic E-state index is -4.01. The molecule has 0 aliphatic carbocycles. The van der Waals surface area contributed by atoms with Crippen molar-refractivity contribution in [2.24, 2.45) is 0 Å². The van der Waals surface area contributed by atoms with E-state index in [9.17, 15) is 13.2 Å². The van der Waals surface area contributed by atoms with Crippen molar-refractivity contribution in [3.63, 3.8) is 0 Å². The van der Waals surface area contributed by atoms with E-state index >= 15 is 0 Å². The number of hydroxylamine groups is 1. The smallest absolute Gasteiger partial charge is 0.265 e. The molecular formula is C20H20N4O5S2. The van der Waals surface area contributed by atoms with E-state index in [1.165, 1.54) is 18.5 Å².